The maximum absolute atomic E-state index is 11.2. The number of hydrogen-bond acceptors (Lipinski definition) is 4. The van der Waals surface area contributed by atoms with Crippen LogP contribution in [0, 0.1) is 0 Å². The van der Waals surface area contributed by atoms with E-state index in [1.165, 1.54) is 21.2 Å². The van der Waals surface area contributed by atoms with Crippen molar-refractivity contribution >= 4 is 31.4 Å². The van der Waals surface area contributed by atoms with Crippen LogP contribution < -0.4 is 4.72 Å². The molecular weight excluding hydrogens is 304 g/mol. The van der Waals surface area contributed by atoms with Crippen molar-refractivity contribution in [2.45, 2.75) is 25.4 Å². The van der Waals surface area contributed by atoms with Gasteiger partial charge in [-0.1, -0.05) is 18.2 Å². The van der Waals surface area contributed by atoms with Crippen molar-refractivity contribution in [1.82, 2.24) is 9.62 Å². The molecule has 21 heavy (non-hydrogen) atoms. The summed E-state index contributed by atoms with van der Waals surface area (Å²) in [4.78, 5) is 3.79. The minimum absolute atomic E-state index is 0.0960. The van der Waals surface area contributed by atoms with Crippen LogP contribution in [0.25, 0.3) is 10.1 Å². The molecule has 3 rings (SSSR count). The van der Waals surface area contributed by atoms with Crippen LogP contribution in [-0.4, -0.2) is 38.7 Å². The van der Waals surface area contributed by atoms with E-state index in [1.54, 1.807) is 0 Å². The largest absolute Gasteiger partial charge is 0.298 e. The summed E-state index contributed by atoms with van der Waals surface area (Å²) >= 11 is 1.85. The summed E-state index contributed by atoms with van der Waals surface area (Å²) in [5.74, 6) is 0. The lowest BCUT2D eigenvalue weighted by Crippen LogP contribution is -2.43. The fraction of sp³-hybridized carbons (Fsp3) is 0.467. The number of nitrogens with one attached hydrogen (secondary N) is 1. The van der Waals surface area contributed by atoms with Gasteiger partial charge in [-0.25, -0.2) is 13.1 Å². The highest BCUT2D eigenvalue weighted by Crippen LogP contribution is 2.27. The zero-order valence-corrected chi connectivity index (χ0v) is 13.7. The van der Waals surface area contributed by atoms with Gasteiger partial charge < -0.3 is 0 Å². The average Bonchev–Trinajstić information content (AvgIpc) is 2.81. The van der Waals surface area contributed by atoms with E-state index in [-0.39, 0.29) is 6.04 Å². The fourth-order valence-corrected chi connectivity index (χ4v) is 4.79. The molecule has 1 fully saturated rings. The molecule has 0 atom stereocenters. The minimum atomic E-state index is -3.08. The Bertz CT molecular complexity index is 683. The van der Waals surface area contributed by atoms with Crippen molar-refractivity contribution in [3.8, 4) is 0 Å². The van der Waals surface area contributed by atoms with E-state index in [1.807, 2.05) is 11.3 Å². The highest BCUT2D eigenvalue weighted by molar-refractivity contribution is 7.88. The first kappa shape index (κ1) is 15.0. The number of piperidine rings is 1. The predicted octanol–water partition coefficient (Wildman–Crippen LogP) is 2.41. The van der Waals surface area contributed by atoms with Crippen LogP contribution in [0.5, 0.6) is 0 Å². The molecule has 2 aromatic rings. The zero-order valence-electron chi connectivity index (χ0n) is 12.1. The van der Waals surface area contributed by atoms with Crippen molar-refractivity contribution in [3.05, 3.63) is 35.2 Å². The van der Waals surface area contributed by atoms with Gasteiger partial charge >= 0.3 is 0 Å². The summed E-state index contributed by atoms with van der Waals surface area (Å²) in [5.41, 5.74) is 0. The van der Waals surface area contributed by atoms with Gasteiger partial charge in [0.1, 0.15) is 0 Å². The molecule has 1 aromatic heterocycles. The molecule has 1 saturated heterocycles. The Labute approximate surface area is 129 Å². The van der Waals surface area contributed by atoms with Crippen LogP contribution in [0.2, 0.25) is 0 Å². The van der Waals surface area contributed by atoms with Gasteiger partial charge in [-0.15, -0.1) is 11.3 Å². The molecule has 0 bridgehead atoms. The molecule has 114 valence electrons. The Kier molecular flexibility index (Phi) is 4.31. The highest BCUT2D eigenvalue weighted by Gasteiger charge is 2.21. The molecule has 1 aliphatic heterocycles. The summed E-state index contributed by atoms with van der Waals surface area (Å²) in [5, 5.41) is 1.31. The van der Waals surface area contributed by atoms with Crippen LogP contribution in [0.4, 0.5) is 0 Å². The van der Waals surface area contributed by atoms with Crippen LogP contribution >= 0.6 is 11.3 Å². The second-order valence-electron chi connectivity index (χ2n) is 5.69. The third-order valence-electron chi connectivity index (χ3n) is 3.82. The van der Waals surface area contributed by atoms with E-state index in [9.17, 15) is 8.42 Å². The maximum Gasteiger partial charge on any atom is 0.208 e. The van der Waals surface area contributed by atoms with E-state index in [2.05, 4.69) is 40.0 Å². The Morgan fingerprint density at radius 1 is 1.29 bits per heavy atom. The number of hydrogen-bond donors (Lipinski definition) is 1. The third kappa shape index (κ3) is 4.03. The summed E-state index contributed by atoms with van der Waals surface area (Å²) in [6.07, 6.45) is 3.01. The Hall–Kier alpha value is -0.950. The topological polar surface area (TPSA) is 49.4 Å². The third-order valence-corrected chi connectivity index (χ3v) is 5.69. The van der Waals surface area contributed by atoms with Gasteiger partial charge in [-0.3, -0.25) is 4.90 Å². The monoisotopic (exact) mass is 324 g/mol. The van der Waals surface area contributed by atoms with Gasteiger partial charge in [0.2, 0.25) is 10.0 Å². The molecule has 0 saturated carbocycles. The van der Waals surface area contributed by atoms with E-state index in [4.69, 9.17) is 0 Å². The van der Waals surface area contributed by atoms with E-state index < -0.39 is 10.0 Å². The van der Waals surface area contributed by atoms with Crippen molar-refractivity contribution < 1.29 is 8.42 Å². The Morgan fingerprint density at radius 2 is 2.00 bits per heavy atom. The number of fused-ring (bicyclic) bond motifs is 1. The normalized spacial score (nSPS) is 18.3. The summed E-state index contributed by atoms with van der Waals surface area (Å²) in [6.45, 7) is 2.85. The lowest BCUT2D eigenvalue weighted by molar-refractivity contribution is 0.201. The molecular formula is C15H20N2O2S2. The number of nitrogens with zero attached hydrogens (tertiary/aromatic N) is 1. The maximum atomic E-state index is 11.2. The van der Waals surface area contributed by atoms with Crippen LogP contribution in [0.15, 0.2) is 30.3 Å². The summed E-state index contributed by atoms with van der Waals surface area (Å²) in [7, 11) is -3.08. The first-order valence-corrected chi connectivity index (χ1v) is 9.87. The molecule has 2 heterocycles. The van der Waals surface area contributed by atoms with Crippen LogP contribution in [0.3, 0.4) is 0 Å². The standard InChI is InChI=1S/C15H20N2O2S2/c1-21(18,19)16-13-6-8-17(9-7-13)11-14-10-12-4-2-3-5-15(12)20-14/h2-5,10,13,16H,6-9,11H2,1H3. The van der Waals surface area contributed by atoms with Gasteiger partial charge in [0.25, 0.3) is 0 Å². The quantitative estimate of drug-likeness (QED) is 0.939. The van der Waals surface area contributed by atoms with Gasteiger partial charge in [-0.05, 0) is 30.4 Å². The lowest BCUT2D eigenvalue weighted by Gasteiger charge is -2.31. The van der Waals surface area contributed by atoms with Crippen molar-refractivity contribution in [1.29, 1.82) is 0 Å². The van der Waals surface area contributed by atoms with Gasteiger partial charge in [0.15, 0.2) is 0 Å². The number of thiophene rings is 1. The smallest absolute Gasteiger partial charge is 0.208 e. The van der Waals surface area contributed by atoms with E-state index in [0.717, 1.165) is 32.5 Å². The Morgan fingerprint density at radius 3 is 2.67 bits per heavy atom. The van der Waals surface area contributed by atoms with Crippen molar-refractivity contribution in [2.24, 2.45) is 0 Å². The number of likely N-dealkylation sites (tertiary alicyclic amines) is 1. The molecule has 0 unspecified atom stereocenters. The molecule has 1 aliphatic rings. The number of benzene rings is 1. The van der Waals surface area contributed by atoms with Crippen molar-refractivity contribution in [2.75, 3.05) is 19.3 Å². The average molecular weight is 324 g/mol. The summed E-state index contributed by atoms with van der Waals surface area (Å²) in [6, 6.07) is 10.8. The van der Waals surface area contributed by atoms with Gasteiger partial charge in [-0.2, -0.15) is 0 Å². The van der Waals surface area contributed by atoms with Crippen LogP contribution in [-0.2, 0) is 16.6 Å². The molecule has 0 radical (unpaired) electrons. The summed E-state index contributed by atoms with van der Waals surface area (Å²) < 4.78 is 26.5. The molecule has 1 aromatic carbocycles. The van der Waals surface area contributed by atoms with Gasteiger partial charge in [0, 0.05) is 35.3 Å². The second-order valence-corrected chi connectivity index (χ2v) is 8.64. The lowest BCUT2D eigenvalue weighted by atomic mass is 10.1. The second kappa shape index (κ2) is 6.04. The zero-order chi connectivity index (χ0) is 14.9. The fourth-order valence-electron chi connectivity index (χ4n) is 2.85. The number of sulfonamides is 1. The first-order chi connectivity index (χ1) is 9.99. The Balaban J connectivity index is 1.58. The molecule has 1 N–H and O–H groups in total. The molecule has 4 nitrogen and oxygen atoms in total. The first-order valence-electron chi connectivity index (χ1n) is 7.17. The number of rotatable bonds is 4. The highest BCUT2D eigenvalue weighted by atomic mass is 32.2. The molecule has 0 spiro atoms. The van der Waals surface area contributed by atoms with Crippen molar-refractivity contribution in [3.63, 3.8) is 0 Å². The van der Waals surface area contributed by atoms with E-state index >= 15 is 0 Å². The SMILES string of the molecule is CS(=O)(=O)NC1CCN(Cc2cc3ccccc3s2)CC1. The molecule has 0 aliphatic carbocycles. The predicted molar refractivity (Wildman–Crippen MR) is 88.1 cm³/mol. The minimum Gasteiger partial charge on any atom is -0.298 e. The van der Waals surface area contributed by atoms with Crippen LogP contribution in [0.1, 0.15) is 17.7 Å². The van der Waals surface area contributed by atoms with Gasteiger partial charge in [0.05, 0.1) is 6.26 Å². The molecule has 6 heteroatoms. The molecule has 0 amide bonds. The van der Waals surface area contributed by atoms with E-state index in [0.29, 0.717) is 0 Å².